The van der Waals surface area contributed by atoms with E-state index in [1.807, 2.05) is 26.0 Å². The number of carbonyl (C=O) groups is 1. The molecule has 1 aliphatic rings. The van der Waals surface area contributed by atoms with Crippen molar-refractivity contribution in [3.05, 3.63) is 64.5 Å². The molecule has 1 aliphatic carbocycles. The van der Waals surface area contributed by atoms with E-state index < -0.39 is 0 Å². The molecule has 1 atom stereocenters. The van der Waals surface area contributed by atoms with Gasteiger partial charge in [-0.3, -0.25) is 4.79 Å². The van der Waals surface area contributed by atoms with Crippen molar-refractivity contribution in [1.29, 1.82) is 0 Å². The summed E-state index contributed by atoms with van der Waals surface area (Å²) in [7, 11) is 0. The Labute approximate surface area is 148 Å². The van der Waals surface area contributed by atoms with Crippen molar-refractivity contribution in [3.63, 3.8) is 0 Å². The number of benzene rings is 2. The van der Waals surface area contributed by atoms with Crippen LogP contribution in [0.2, 0.25) is 0 Å². The number of halogens is 1. The van der Waals surface area contributed by atoms with Crippen LogP contribution >= 0.6 is 0 Å². The van der Waals surface area contributed by atoms with Crippen molar-refractivity contribution in [2.45, 2.75) is 46.2 Å². The van der Waals surface area contributed by atoms with Gasteiger partial charge in [0.2, 0.25) is 0 Å². The number of nitrogens with one attached hydrogen (secondary N) is 2. The number of quaternary nitrogens is 1. The molecule has 0 radical (unpaired) electrons. The Morgan fingerprint density at radius 2 is 1.72 bits per heavy atom. The van der Waals surface area contributed by atoms with Gasteiger partial charge in [0, 0.05) is 24.1 Å². The van der Waals surface area contributed by atoms with Crippen LogP contribution in [0.1, 0.15) is 35.1 Å². The molecule has 0 aliphatic heterocycles. The Morgan fingerprint density at radius 1 is 1.12 bits per heavy atom. The van der Waals surface area contributed by atoms with Crippen LogP contribution in [0.3, 0.4) is 0 Å². The SMILES string of the molecule is Cc1cc(C)c(NC(=O)C[NH+](Cc2ccc(F)cc2)C2CC2)c(C)c1. The molecule has 0 heterocycles. The second-order valence-electron chi connectivity index (χ2n) is 7.23. The van der Waals surface area contributed by atoms with Crippen molar-refractivity contribution in [2.24, 2.45) is 0 Å². The third-order valence-electron chi connectivity index (χ3n) is 4.83. The minimum absolute atomic E-state index is 0.0408. The smallest absolute Gasteiger partial charge is 0.279 e. The van der Waals surface area contributed by atoms with Crippen LogP contribution in [0.15, 0.2) is 36.4 Å². The van der Waals surface area contributed by atoms with E-state index in [9.17, 15) is 9.18 Å². The number of anilines is 1. The first kappa shape index (κ1) is 17.6. The number of rotatable bonds is 6. The van der Waals surface area contributed by atoms with E-state index in [1.54, 1.807) is 0 Å². The van der Waals surface area contributed by atoms with Crippen LogP contribution in [-0.2, 0) is 11.3 Å². The molecule has 1 unspecified atom stereocenters. The molecule has 2 aromatic rings. The first-order valence-electron chi connectivity index (χ1n) is 8.89. The van der Waals surface area contributed by atoms with Gasteiger partial charge in [-0.05, 0) is 44.0 Å². The van der Waals surface area contributed by atoms with Gasteiger partial charge in [-0.2, -0.15) is 0 Å². The van der Waals surface area contributed by atoms with Gasteiger partial charge >= 0.3 is 0 Å². The molecule has 0 bridgehead atoms. The fourth-order valence-electron chi connectivity index (χ4n) is 3.47. The predicted molar refractivity (Wildman–Crippen MR) is 98.2 cm³/mol. The summed E-state index contributed by atoms with van der Waals surface area (Å²) in [5.74, 6) is -0.182. The number of hydrogen-bond donors (Lipinski definition) is 2. The number of aryl methyl sites for hydroxylation is 3. The standard InChI is InChI=1S/C21H25FN2O/c1-14-10-15(2)21(16(3)11-14)23-20(25)13-24(19-8-9-19)12-17-4-6-18(22)7-5-17/h4-7,10-11,19H,8-9,12-13H2,1-3H3,(H,23,25)/p+1. The Morgan fingerprint density at radius 3 is 2.28 bits per heavy atom. The van der Waals surface area contributed by atoms with E-state index in [1.165, 1.54) is 22.6 Å². The maximum atomic E-state index is 13.1. The summed E-state index contributed by atoms with van der Waals surface area (Å²) in [6, 6.07) is 11.3. The van der Waals surface area contributed by atoms with Crippen LogP contribution in [0.4, 0.5) is 10.1 Å². The van der Waals surface area contributed by atoms with Crippen molar-refractivity contribution >= 4 is 11.6 Å². The fraction of sp³-hybridized carbons (Fsp3) is 0.381. The van der Waals surface area contributed by atoms with Crippen LogP contribution in [0.5, 0.6) is 0 Å². The number of carbonyl (C=O) groups excluding carboxylic acids is 1. The summed E-state index contributed by atoms with van der Waals surface area (Å²) in [6.07, 6.45) is 2.32. The highest BCUT2D eigenvalue weighted by Crippen LogP contribution is 2.22. The highest BCUT2D eigenvalue weighted by atomic mass is 19.1. The quantitative estimate of drug-likeness (QED) is 0.832. The molecule has 1 saturated carbocycles. The molecule has 4 heteroatoms. The Bertz CT molecular complexity index is 743. The Balaban J connectivity index is 1.66. The summed E-state index contributed by atoms with van der Waals surface area (Å²) in [5, 5.41) is 3.09. The topological polar surface area (TPSA) is 33.5 Å². The average Bonchev–Trinajstić information content (AvgIpc) is 3.37. The number of amides is 1. The molecule has 0 aromatic heterocycles. The minimum atomic E-state index is -0.222. The largest absolute Gasteiger partial charge is 0.321 e. The monoisotopic (exact) mass is 341 g/mol. The zero-order valence-corrected chi connectivity index (χ0v) is 15.2. The summed E-state index contributed by atoms with van der Waals surface area (Å²) >= 11 is 0. The molecular weight excluding hydrogens is 315 g/mol. The zero-order valence-electron chi connectivity index (χ0n) is 15.2. The van der Waals surface area contributed by atoms with E-state index >= 15 is 0 Å². The van der Waals surface area contributed by atoms with Gasteiger partial charge in [-0.25, -0.2) is 4.39 Å². The third-order valence-corrected chi connectivity index (χ3v) is 4.83. The molecule has 1 amide bonds. The molecule has 25 heavy (non-hydrogen) atoms. The van der Waals surface area contributed by atoms with Crippen LogP contribution < -0.4 is 10.2 Å². The molecule has 3 rings (SSSR count). The molecule has 0 saturated heterocycles. The molecular formula is C21H26FN2O+. The molecule has 0 spiro atoms. The molecule has 1 fully saturated rings. The first-order valence-corrected chi connectivity index (χ1v) is 8.89. The lowest BCUT2D eigenvalue weighted by Crippen LogP contribution is -3.13. The van der Waals surface area contributed by atoms with Crippen molar-refractivity contribution < 1.29 is 14.1 Å². The van der Waals surface area contributed by atoms with Crippen molar-refractivity contribution in [1.82, 2.24) is 0 Å². The lowest BCUT2D eigenvalue weighted by atomic mass is 10.1. The van der Waals surface area contributed by atoms with Crippen LogP contribution in [-0.4, -0.2) is 18.5 Å². The van der Waals surface area contributed by atoms with Crippen LogP contribution in [0.25, 0.3) is 0 Å². The second kappa shape index (κ2) is 7.36. The minimum Gasteiger partial charge on any atom is -0.321 e. The zero-order chi connectivity index (χ0) is 18.0. The normalized spacial score (nSPS) is 15.0. The third kappa shape index (κ3) is 4.67. The first-order chi connectivity index (χ1) is 11.9. The average molecular weight is 341 g/mol. The van der Waals surface area contributed by atoms with Gasteiger partial charge in [0.15, 0.2) is 6.54 Å². The summed E-state index contributed by atoms with van der Waals surface area (Å²) in [6.45, 7) is 7.31. The van der Waals surface area contributed by atoms with Gasteiger partial charge in [0.1, 0.15) is 12.4 Å². The van der Waals surface area contributed by atoms with Crippen LogP contribution in [0, 0.1) is 26.6 Å². The number of hydrogen-bond acceptors (Lipinski definition) is 1. The van der Waals surface area contributed by atoms with Crippen molar-refractivity contribution in [3.8, 4) is 0 Å². The second-order valence-corrected chi connectivity index (χ2v) is 7.23. The van der Waals surface area contributed by atoms with Crippen molar-refractivity contribution in [2.75, 3.05) is 11.9 Å². The molecule has 2 aromatic carbocycles. The summed E-state index contributed by atoms with van der Waals surface area (Å²) in [4.78, 5) is 13.9. The van der Waals surface area contributed by atoms with Gasteiger partial charge in [-0.15, -0.1) is 0 Å². The van der Waals surface area contributed by atoms with Gasteiger partial charge in [-0.1, -0.05) is 29.8 Å². The van der Waals surface area contributed by atoms with E-state index in [0.29, 0.717) is 12.6 Å². The molecule has 2 N–H and O–H groups in total. The maximum Gasteiger partial charge on any atom is 0.279 e. The Hall–Kier alpha value is -2.20. The highest BCUT2D eigenvalue weighted by Gasteiger charge is 2.34. The van der Waals surface area contributed by atoms with E-state index in [2.05, 4.69) is 24.4 Å². The van der Waals surface area contributed by atoms with Gasteiger partial charge in [0.25, 0.3) is 5.91 Å². The molecule has 132 valence electrons. The lowest BCUT2D eigenvalue weighted by molar-refractivity contribution is -0.916. The molecule has 3 nitrogen and oxygen atoms in total. The Kier molecular flexibility index (Phi) is 5.19. The maximum absolute atomic E-state index is 13.1. The summed E-state index contributed by atoms with van der Waals surface area (Å²) in [5.41, 5.74) is 5.38. The van der Waals surface area contributed by atoms with Gasteiger partial charge in [0.05, 0.1) is 6.04 Å². The highest BCUT2D eigenvalue weighted by molar-refractivity contribution is 5.93. The van der Waals surface area contributed by atoms with E-state index in [-0.39, 0.29) is 11.7 Å². The van der Waals surface area contributed by atoms with E-state index in [4.69, 9.17) is 0 Å². The summed E-state index contributed by atoms with van der Waals surface area (Å²) < 4.78 is 13.1. The van der Waals surface area contributed by atoms with E-state index in [0.717, 1.165) is 41.8 Å². The predicted octanol–water partition coefficient (Wildman–Crippen LogP) is 2.94. The fourth-order valence-corrected chi connectivity index (χ4v) is 3.47. The van der Waals surface area contributed by atoms with Gasteiger partial charge < -0.3 is 10.2 Å². The lowest BCUT2D eigenvalue weighted by Gasteiger charge is -2.20.